The van der Waals surface area contributed by atoms with E-state index in [1.807, 2.05) is 37.2 Å². The fourth-order valence-electron chi connectivity index (χ4n) is 3.85. The first-order valence-electron chi connectivity index (χ1n) is 10.1. The van der Waals surface area contributed by atoms with Crippen molar-refractivity contribution in [2.24, 2.45) is 0 Å². The summed E-state index contributed by atoms with van der Waals surface area (Å²) in [5, 5.41) is 0.864. The summed E-state index contributed by atoms with van der Waals surface area (Å²) < 4.78 is 41.1. The Morgan fingerprint density at radius 3 is 2.39 bits per heavy atom. The molecule has 1 atom stereocenters. The van der Waals surface area contributed by atoms with Gasteiger partial charge in [0.05, 0.1) is 16.9 Å². The lowest BCUT2D eigenvalue weighted by molar-refractivity contribution is -0.274. The van der Waals surface area contributed by atoms with E-state index in [0.717, 1.165) is 39.2 Å². The van der Waals surface area contributed by atoms with E-state index in [4.69, 9.17) is 0 Å². The highest BCUT2D eigenvalue weighted by atomic mass is 19.4. The van der Waals surface area contributed by atoms with Crippen LogP contribution in [0.4, 0.5) is 29.3 Å². The van der Waals surface area contributed by atoms with Crippen molar-refractivity contribution in [3.8, 4) is 5.75 Å². The average Bonchev–Trinajstić information content (AvgIpc) is 2.96. The molecule has 1 fully saturated rings. The van der Waals surface area contributed by atoms with Gasteiger partial charge >= 0.3 is 12.4 Å². The fraction of sp³-hybridized carbons (Fsp3) is 0.261. The van der Waals surface area contributed by atoms with Gasteiger partial charge in [0, 0.05) is 32.2 Å². The van der Waals surface area contributed by atoms with Crippen LogP contribution in [-0.2, 0) is 11.3 Å². The summed E-state index contributed by atoms with van der Waals surface area (Å²) in [6.45, 7) is 1.80. The number of anilines is 2. The first-order chi connectivity index (χ1) is 15.6. The number of imide groups is 1. The van der Waals surface area contributed by atoms with Gasteiger partial charge in [-0.3, -0.25) is 9.78 Å². The van der Waals surface area contributed by atoms with Crippen LogP contribution in [-0.4, -0.2) is 48.3 Å². The Hall–Kier alpha value is -3.82. The molecule has 0 bridgehead atoms. The first-order valence-corrected chi connectivity index (χ1v) is 10.1. The summed E-state index contributed by atoms with van der Waals surface area (Å²) in [5.41, 5.74) is 2.70. The van der Waals surface area contributed by atoms with Crippen molar-refractivity contribution in [1.29, 1.82) is 0 Å². The lowest BCUT2D eigenvalue weighted by atomic mass is 10.1. The molecule has 33 heavy (non-hydrogen) atoms. The highest BCUT2D eigenvalue weighted by molar-refractivity contribution is 6.21. The molecular weight excluding hydrogens is 437 g/mol. The molecule has 2 heterocycles. The third kappa shape index (κ3) is 4.28. The van der Waals surface area contributed by atoms with Gasteiger partial charge in [-0.1, -0.05) is 12.1 Å². The van der Waals surface area contributed by atoms with E-state index in [9.17, 15) is 22.8 Å². The highest BCUT2D eigenvalue weighted by Gasteiger charge is 2.43. The minimum absolute atomic E-state index is 0.170. The van der Waals surface area contributed by atoms with Gasteiger partial charge in [-0.05, 0) is 48.9 Å². The number of fused-ring (bicyclic) bond motifs is 1. The van der Waals surface area contributed by atoms with Crippen molar-refractivity contribution in [2.75, 3.05) is 23.9 Å². The minimum Gasteiger partial charge on any atom is -0.406 e. The van der Waals surface area contributed by atoms with Gasteiger partial charge in [-0.25, -0.2) is 9.69 Å². The number of benzene rings is 2. The standard InChI is InChI=1S/C23H21F3N4O3/c1-14-21(31)30(16-7-9-17(10-8-16)33-23(24,25)26)22(32)29(14)13-15-11-12-27-20-18(15)5-4-6-19(20)28(2)3/h4-12,14H,13H2,1-3H3. The van der Waals surface area contributed by atoms with E-state index in [0.29, 0.717) is 0 Å². The molecule has 0 spiro atoms. The number of pyridine rings is 1. The topological polar surface area (TPSA) is 66.0 Å². The molecule has 2 aromatic carbocycles. The molecule has 1 unspecified atom stereocenters. The molecule has 3 amide bonds. The van der Waals surface area contributed by atoms with Gasteiger partial charge in [-0.2, -0.15) is 0 Å². The molecular formula is C23H21F3N4O3. The van der Waals surface area contributed by atoms with Gasteiger partial charge in [-0.15, -0.1) is 13.2 Å². The van der Waals surface area contributed by atoms with Gasteiger partial charge in [0.1, 0.15) is 11.8 Å². The largest absolute Gasteiger partial charge is 0.573 e. The van der Waals surface area contributed by atoms with E-state index in [1.165, 1.54) is 17.0 Å². The predicted octanol–water partition coefficient (Wildman–Crippen LogP) is 4.56. The van der Waals surface area contributed by atoms with Crippen molar-refractivity contribution in [3.63, 3.8) is 0 Å². The molecule has 3 aromatic rings. The second kappa shape index (κ2) is 8.27. The van der Waals surface area contributed by atoms with E-state index in [2.05, 4.69) is 9.72 Å². The third-order valence-electron chi connectivity index (χ3n) is 5.47. The summed E-state index contributed by atoms with van der Waals surface area (Å²) >= 11 is 0. The van der Waals surface area contributed by atoms with Crippen LogP contribution in [0.5, 0.6) is 5.75 Å². The molecule has 172 valence electrons. The summed E-state index contributed by atoms with van der Waals surface area (Å²) in [6, 6.07) is 10.9. The number of hydrogen-bond donors (Lipinski definition) is 0. The molecule has 0 radical (unpaired) electrons. The van der Waals surface area contributed by atoms with Crippen LogP contribution in [0.1, 0.15) is 12.5 Å². The second-order valence-corrected chi connectivity index (χ2v) is 7.84. The van der Waals surface area contributed by atoms with Crippen LogP contribution < -0.4 is 14.5 Å². The van der Waals surface area contributed by atoms with Crippen molar-refractivity contribution >= 4 is 34.2 Å². The number of carbonyl (C=O) groups excluding carboxylic acids is 2. The summed E-state index contributed by atoms with van der Waals surface area (Å²) in [7, 11) is 3.83. The van der Waals surface area contributed by atoms with Crippen LogP contribution in [0.25, 0.3) is 10.9 Å². The maximum absolute atomic E-state index is 13.2. The Balaban J connectivity index is 1.62. The predicted molar refractivity (Wildman–Crippen MR) is 117 cm³/mol. The van der Waals surface area contributed by atoms with Crippen LogP contribution in [0.2, 0.25) is 0 Å². The van der Waals surface area contributed by atoms with Gasteiger partial charge in [0.2, 0.25) is 0 Å². The molecule has 0 aliphatic carbocycles. The van der Waals surface area contributed by atoms with Gasteiger partial charge in [0.15, 0.2) is 0 Å². The number of alkyl halides is 3. The van der Waals surface area contributed by atoms with Crippen LogP contribution >= 0.6 is 0 Å². The summed E-state index contributed by atoms with van der Waals surface area (Å²) in [4.78, 5) is 34.8. The second-order valence-electron chi connectivity index (χ2n) is 7.84. The van der Waals surface area contributed by atoms with Crippen LogP contribution in [0.15, 0.2) is 54.7 Å². The lowest BCUT2D eigenvalue weighted by Gasteiger charge is -2.21. The number of amides is 3. The minimum atomic E-state index is -4.83. The molecule has 4 rings (SSSR count). The van der Waals surface area contributed by atoms with E-state index < -0.39 is 30.1 Å². The van der Waals surface area contributed by atoms with E-state index in [-0.39, 0.29) is 12.2 Å². The van der Waals surface area contributed by atoms with Gasteiger partial charge in [0.25, 0.3) is 5.91 Å². The maximum atomic E-state index is 13.2. The van der Waals surface area contributed by atoms with E-state index >= 15 is 0 Å². The Labute approximate surface area is 188 Å². The van der Waals surface area contributed by atoms with Crippen molar-refractivity contribution < 1.29 is 27.5 Å². The molecule has 7 nitrogen and oxygen atoms in total. The Kier molecular flexibility index (Phi) is 5.61. The zero-order valence-corrected chi connectivity index (χ0v) is 18.1. The average molecular weight is 458 g/mol. The summed E-state index contributed by atoms with van der Waals surface area (Å²) in [6.07, 6.45) is -3.17. The van der Waals surface area contributed by atoms with Crippen molar-refractivity contribution in [2.45, 2.75) is 25.9 Å². The zero-order chi connectivity index (χ0) is 23.9. The fourth-order valence-corrected chi connectivity index (χ4v) is 3.85. The Morgan fingerprint density at radius 2 is 1.76 bits per heavy atom. The lowest BCUT2D eigenvalue weighted by Crippen LogP contribution is -2.33. The first kappa shape index (κ1) is 22.4. The molecule has 1 aromatic heterocycles. The van der Waals surface area contributed by atoms with Crippen LogP contribution in [0, 0.1) is 0 Å². The molecule has 10 heteroatoms. The normalized spacial score (nSPS) is 16.6. The number of carbonyl (C=O) groups is 2. The Bertz CT molecular complexity index is 1210. The smallest absolute Gasteiger partial charge is 0.406 e. The number of para-hydroxylation sites is 1. The number of halogens is 3. The maximum Gasteiger partial charge on any atom is 0.573 e. The number of nitrogens with zero attached hydrogens (tertiary/aromatic N) is 4. The molecule has 1 saturated heterocycles. The quantitative estimate of drug-likeness (QED) is 0.525. The van der Waals surface area contributed by atoms with Crippen molar-refractivity contribution in [1.82, 2.24) is 9.88 Å². The zero-order valence-electron chi connectivity index (χ0n) is 18.1. The highest BCUT2D eigenvalue weighted by Crippen LogP contribution is 2.32. The molecule has 1 aliphatic heterocycles. The third-order valence-corrected chi connectivity index (χ3v) is 5.47. The number of rotatable bonds is 5. The molecule has 0 saturated carbocycles. The van der Waals surface area contributed by atoms with Gasteiger partial charge < -0.3 is 14.5 Å². The number of urea groups is 1. The van der Waals surface area contributed by atoms with Crippen molar-refractivity contribution in [3.05, 3.63) is 60.3 Å². The van der Waals surface area contributed by atoms with Crippen LogP contribution in [0.3, 0.4) is 0 Å². The number of ether oxygens (including phenoxy) is 1. The molecule has 1 aliphatic rings. The monoisotopic (exact) mass is 458 g/mol. The molecule has 0 N–H and O–H groups in total. The Morgan fingerprint density at radius 1 is 1.06 bits per heavy atom. The number of hydrogen-bond acceptors (Lipinski definition) is 5. The van der Waals surface area contributed by atoms with E-state index in [1.54, 1.807) is 19.2 Å². The summed E-state index contributed by atoms with van der Waals surface area (Å²) in [5.74, 6) is -0.896. The number of aromatic nitrogens is 1. The SMILES string of the molecule is CC1C(=O)N(c2ccc(OC(F)(F)F)cc2)C(=O)N1Cc1ccnc2c(N(C)C)cccc12.